The van der Waals surface area contributed by atoms with Crippen molar-refractivity contribution in [2.24, 2.45) is 0 Å². The summed E-state index contributed by atoms with van der Waals surface area (Å²) in [5.74, 6) is 0.259. The molecule has 0 aliphatic rings. The number of hydrogen-bond donors (Lipinski definition) is 0. The third-order valence-corrected chi connectivity index (χ3v) is 4.66. The van der Waals surface area contributed by atoms with Crippen molar-refractivity contribution in [1.29, 1.82) is 0 Å². The second-order valence-corrected chi connectivity index (χ2v) is 5.99. The zero-order valence-electron chi connectivity index (χ0n) is 11.3. The minimum Gasteiger partial charge on any atom is -0.495 e. The Morgan fingerprint density at radius 1 is 1.00 bits per heavy atom. The van der Waals surface area contributed by atoms with Crippen molar-refractivity contribution in [3.63, 3.8) is 0 Å². The number of benzene rings is 2. The molecule has 0 fully saturated rings. The van der Waals surface area contributed by atoms with Crippen molar-refractivity contribution >= 4 is 39.1 Å². The second kappa shape index (κ2) is 6.86. The molecule has 6 heteroatoms. The van der Waals surface area contributed by atoms with Gasteiger partial charge in [-0.25, -0.2) is 4.39 Å². The molecule has 0 amide bonds. The number of alkyl halides is 1. The Hall–Kier alpha value is -0.970. The van der Waals surface area contributed by atoms with Crippen molar-refractivity contribution in [1.82, 2.24) is 0 Å². The Labute approximate surface area is 140 Å². The maximum Gasteiger partial charge on any atom is 0.165 e. The first kappa shape index (κ1) is 16.4. The molecule has 0 saturated heterocycles. The van der Waals surface area contributed by atoms with Gasteiger partial charge in [-0.1, -0.05) is 45.2 Å². The molecule has 0 aliphatic heterocycles. The van der Waals surface area contributed by atoms with Crippen LogP contribution in [0.25, 0.3) is 0 Å². The maximum absolute atomic E-state index is 13.5. The molecule has 2 aromatic rings. The van der Waals surface area contributed by atoms with Crippen LogP contribution in [0.4, 0.5) is 4.39 Å². The molecule has 0 saturated carbocycles. The summed E-state index contributed by atoms with van der Waals surface area (Å²) in [6, 6.07) is 7.99. The summed E-state index contributed by atoms with van der Waals surface area (Å²) in [6.07, 6.45) is 0. The molecule has 0 bridgehead atoms. The molecule has 1 atom stereocenters. The summed E-state index contributed by atoms with van der Waals surface area (Å²) in [4.78, 5) is -0.247. The summed E-state index contributed by atoms with van der Waals surface area (Å²) in [5, 5.41) is 0.955. The van der Waals surface area contributed by atoms with E-state index in [0.717, 1.165) is 11.1 Å². The van der Waals surface area contributed by atoms with E-state index in [1.54, 1.807) is 24.3 Å². The molecule has 0 spiro atoms. The fraction of sp³-hybridized carbons (Fsp3) is 0.200. The van der Waals surface area contributed by atoms with Crippen LogP contribution in [-0.2, 0) is 0 Å². The first-order valence-corrected chi connectivity index (χ1v) is 7.65. The molecule has 0 aromatic heterocycles. The van der Waals surface area contributed by atoms with Gasteiger partial charge in [-0.3, -0.25) is 0 Å². The monoisotopic (exact) mass is 392 g/mol. The van der Waals surface area contributed by atoms with Crippen LogP contribution in [0, 0.1) is 5.82 Å². The molecule has 1 unspecified atom stereocenters. The van der Waals surface area contributed by atoms with Crippen molar-refractivity contribution in [3.05, 3.63) is 57.3 Å². The fourth-order valence-corrected chi connectivity index (χ4v) is 3.22. The second-order valence-electron chi connectivity index (χ2n) is 4.26. The van der Waals surface area contributed by atoms with Crippen LogP contribution in [0.2, 0.25) is 10.0 Å². The highest BCUT2D eigenvalue weighted by molar-refractivity contribution is 9.09. The Bertz CT molecular complexity index is 664. The molecule has 2 nitrogen and oxygen atoms in total. The van der Waals surface area contributed by atoms with Crippen LogP contribution in [0.1, 0.15) is 16.0 Å². The highest BCUT2D eigenvalue weighted by atomic mass is 79.9. The van der Waals surface area contributed by atoms with E-state index in [1.165, 1.54) is 20.3 Å². The van der Waals surface area contributed by atoms with E-state index in [9.17, 15) is 4.39 Å². The van der Waals surface area contributed by atoms with E-state index in [-0.39, 0.29) is 10.6 Å². The topological polar surface area (TPSA) is 18.5 Å². The molecule has 2 rings (SSSR count). The van der Waals surface area contributed by atoms with Crippen molar-refractivity contribution in [3.8, 4) is 11.5 Å². The average molecular weight is 394 g/mol. The quantitative estimate of drug-likeness (QED) is 0.626. The van der Waals surface area contributed by atoms with Gasteiger partial charge in [0, 0.05) is 11.1 Å². The lowest BCUT2D eigenvalue weighted by molar-refractivity contribution is 0.386. The fourth-order valence-electron chi connectivity index (χ4n) is 1.91. The van der Waals surface area contributed by atoms with E-state index in [4.69, 9.17) is 32.7 Å². The summed E-state index contributed by atoms with van der Waals surface area (Å²) >= 11 is 15.9. The van der Waals surface area contributed by atoms with Gasteiger partial charge in [0.2, 0.25) is 0 Å². The van der Waals surface area contributed by atoms with E-state index < -0.39 is 5.82 Å². The van der Waals surface area contributed by atoms with Gasteiger partial charge >= 0.3 is 0 Å². The van der Waals surface area contributed by atoms with Gasteiger partial charge < -0.3 is 9.47 Å². The Morgan fingerprint density at radius 2 is 1.67 bits per heavy atom. The summed E-state index contributed by atoms with van der Waals surface area (Å²) in [5.41, 5.74) is 1.56. The summed E-state index contributed by atoms with van der Waals surface area (Å²) < 4.78 is 23.6. The Balaban J connectivity index is 2.44. The first-order chi connectivity index (χ1) is 9.97. The molecular formula is C15H12BrCl2FO2. The highest BCUT2D eigenvalue weighted by Gasteiger charge is 2.18. The van der Waals surface area contributed by atoms with Gasteiger partial charge in [0.1, 0.15) is 5.75 Å². The predicted molar refractivity (Wildman–Crippen MR) is 86.7 cm³/mol. The molecular weight excluding hydrogens is 382 g/mol. The maximum atomic E-state index is 13.5. The zero-order valence-corrected chi connectivity index (χ0v) is 14.4. The molecule has 112 valence electrons. The van der Waals surface area contributed by atoms with Crippen LogP contribution < -0.4 is 9.47 Å². The minimum absolute atomic E-state index is 0.174. The summed E-state index contributed by atoms with van der Waals surface area (Å²) in [6.45, 7) is 0. The van der Waals surface area contributed by atoms with Crippen LogP contribution >= 0.6 is 39.1 Å². The standard InChI is InChI=1S/C15H12BrCl2FO2/c1-20-13-7-10(17)9(6-11(13)18)15(16)8-3-4-12(19)14(5-8)21-2/h3-7,15H,1-2H3. The minimum atomic E-state index is -0.417. The van der Waals surface area contributed by atoms with Crippen LogP contribution in [0.15, 0.2) is 30.3 Å². The number of rotatable bonds is 4. The lowest BCUT2D eigenvalue weighted by Crippen LogP contribution is -1.97. The number of methoxy groups -OCH3 is 2. The third kappa shape index (κ3) is 3.44. The Morgan fingerprint density at radius 3 is 2.29 bits per heavy atom. The molecule has 0 heterocycles. The molecule has 0 aliphatic carbocycles. The first-order valence-electron chi connectivity index (χ1n) is 5.98. The van der Waals surface area contributed by atoms with Crippen molar-refractivity contribution in [2.75, 3.05) is 14.2 Å². The molecule has 0 radical (unpaired) electrons. The molecule has 0 N–H and O–H groups in total. The largest absolute Gasteiger partial charge is 0.495 e. The lowest BCUT2D eigenvalue weighted by Gasteiger charge is -2.15. The van der Waals surface area contributed by atoms with E-state index >= 15 is 0 Å². The van der Waals surface area contributed by atoms with Gasteiger partial charge in [-0.05, 0) is 29.3 Å². The van der Waals surface area contributed by atoms with E-state index in [2.05, 4.69) is 15.9 Å². The summed E-state index contributed by atoms with van der Waals surface area (Å²) in [7, 11) is 2.94. The molecule has 2 aromatic carbocycles. The molecule has 21 heavy (non-hydrogen) atoms. The van der Waals surface area contributed by atoms with Crippen molar-refractivity contribution < 1.29 is 13.9 Å². The van der Waals surface area contributed by atoms with Gasteiger partial charge in [0.15, 0.2) is 11.6 Å². The lowest BCUT2D eigenvalue weighted by atomic mass is 10.0. The zero-order chi connectivity index (χ0) is 15.6. The predicted octanol–water partition coefficient (Wildman–Crippen LogP) is 5.63. The highest BCUT2D eigenvalue weighted by Crippen LogP contribution is 2.41. The number of halogens is 4. The van der Waals surface area contributed by atoms with Crippen LogP contribution in [0.3, 0.4) is 0 Å². The van der Waals surface area contributed by atoms with Crippen LogP contribution in [0.5, 0.6) is 11.5 Å². The van der Waals surface area contributed by atoms with E-state index in [1.807, 2.05) is 0 Å². The Kier molecular flexibility index (Phi) is 5.36. The van der Waals surface area contributed by atoms with Gasteiger partial charge in [-0.2, -0.15) is 0 Å². The number of hydrogen-bond acceptors (Lipinski definition) is 2. The van der Waals surface area contributed by atoms with Gasteiger partial charge in [-0.15, -0.1) is 0 Å². The SMILES string of the molecule is COc1cc(C(Br)c2cc(Cl)c(OC)cc2Cl)ccc1F. The van der Waals surface area contributed by atoms with Crippen LogP contribution in [-0.4, -0.2) is 14.2 Å². The smallest absolute Gasteiger partial charge is 0.165 e. The normalized spacial score (nSPS) is 12.1. The van der Waals surface area contributed by atoms with E-state index in [0.29, 0.717) is 15.8 Å². The van der Waals surface area contributed by atoms with Gasteiger partial charge in [0.25, 0.3) is 0 Å². The van der Waals surface area contributed by atoms with Crippen molar-refractivity contribution in [2.45, 2.75) is 4.83 Å². The number of ether oxygens (including phenoxy) is 2. The van der Waals surface area contributed by atoms with Gasteiger partial charge in [0.05, 0.1) is 24.1 Å². The third-order valence-electron chi connectivity index (χ3n) is 3.01. The average Bonchev–Trinajstić information content (AvgIpc) is 2.49.